The lowest BCUT2D eigenvalue weighted by molar-refractivity contribution is -0.142. The van der Waals surface area contributed by atoms with Gasteiger partial charge in [-0.2, -0.15) is 8.42 Å². The van der Waals surface area contributed by atoms with Gasteiger partial charge >= 0.3 is 5.97 Å². The predicted molar refractivity (Wildman–Crippen MR) is 125 cm³/mol. The molecule has 5 nitrogen and oxygen atoms in total. The summed E-state index contributed by atoms with van der Waals surface area (Å²) in [4.78, 5) is 11.6. The zero-order valence-corrected chi connectivity index (χ0v) is 20.5. The molecule has 0 aromatic heterocycles. The third-order valence-corrected chi connectivity index (χ3v) is 6.88. The Labute approximate surface area is 186 Å². The van der Waals surface area contributed by atoms with Gasteiger partial charge in [-0.25, -0.2) is 0 Å². The maximum Gasteiger partial charge on any atom is 0.326 e. The van der Waals surface area contributed by atoms with Gasteiger partial charge in [-0.1, -0.05) is 122 Å². The fraction of sp³-hybridized carbons (Fsp3) is 0.958. The van der Waals surface area contributed by atoms with Crippen LogP contribution >= 0.6 is 0 Å². The van der Waals surface area contributed by atoms with E-state index in [-0.39, 0.29) is 13.0 Å². The monoisotopic (exact) mass is 448 g/mol. The number of hydrogen-bond acceptors (Lipinski definition) is 4. The lowest BCUT2D eigenvalue weighted by Crippen LogP contribution is -2.31. The van der Waals surface area contributed by atoms with E-state index in [1.54, 1.807) is 6.92 Å². The van der Waals surface area contributed by atoms with Gasteiger partial charge in [-0.05, 0) is 13.3 Å². The molecule has 1 atom stereocenters. The quantitative estimate of drug-likeness (QED) is 0.107. The van der Waals surface area contributed by atoms with Gasteiger partial charge in [0.05, 0.1) is 6.61 Å². The van der Waals surface area contributed by atoms with Crippen molar-refractivity contribution in [2.75, 3.05) is 6.61 Å². The van der Waals surface area contributed by atoms with Crippen LogP contribution in [0.2, 0.25) is 0 Å². The lowest BCUT2D eigenvalue weighted by Gasteiger charge is -2.12. The summed E-state index contributed by atoms with van der Waals surface area (Å²) >= 11 is 0. The van der Waals surface area contributed by atoms with Crippen LogP contribution in [-0.2, 0) is 19.6 Å². The first-order valence-corrected chi connectivity index (χ1v) is 14.1. The molecule has 0 rings (SSSR count). The Hall–Kier alpha value is -0.620. The topological polar surface area (TPSA) is 80.7 Å². The molecule has 0 saturated heterocycles. The Balaban J connectivity index is 3.43. The highest BCUT2D eigenvalue weighted by Gasteiger charge is 2.31. The summed E-state index contributed by atoms with van der Waals surface area (Å²) in [5, 5.41) is -1.43. The fourth-order valence-corrected chi connectivity index (χ4v) is 4.63. The third-order valence-electron chi connectivity index (χ3n) is 5.73. The normalized spacial score (nSPS) is 12.8. The zero-order valence-electron chi connectivity index (χ0n) is 19.7. The lowest BCUT2D eigenvalue weighted by atomic mass is 10.0. The Kier molecular flexibility index (Phi) is 19.9. The minimum absolute atomic E-state index is 0.115. The first-order chi connectivity index (χ1) is 14.4. The molecule has 0 heterocycles. The average Bonchev–Trinajstić information content (AvgIpc) is 2.69. The van der Waals surface area contributed by atoms with E-state index in [2.05, 4.69) is 6.92 Å². The maximum atomic E-state index is 11.6. The van der Waals surface area contributed by atoms with Crippen LogP contribution in [-0.4, -0.2) is 30.8 Å². The molecule has 0 aliphatic carbocycles. The van der Waals surface area contributed by atoms with Crippen molar-refractivity contribution >= 4 is 16.1 Å². The van der Waals surface area contributed by atoms with E-state index in [0.29, 0.717) is 6.42 Å². The Morgan fingerprint density at radius 1 is 0.667 bits per heavy atom. The van der Waals surface area contributed by atoms with Gasteiger partial charge in [0.25, 0.3) is 10.1 Å². The van der Waals surface area contributed by atoms with Crippen molar-refractivity contribution in [2.45, 2.75) is 141 Å². The Morgan fingerprint density at radius 3 is 1.30 bits per heavy atom. The molecule has 0 radical (unpaired) electrons. The molecule has 6 heteroatoms. The van der Waals surface area contributed by atoms with Gasteiger partial charge in [0.15, 0.2) is 5.25 Å². The highest BCUT2D eigenvalue weighted by Crippen LogP contribution is 2.16. The van der Waals surface area contributed by atoms with Crippen LogP contribution in [0.15, 0.2) is 0 Å². The van der Waals surface area contributed by atoms with Crippen molar-refractivity contribution in [3.8, 4) is 0 Å². The summed E-state index contributed by atoms with van der Waals surface area (Å²) in [6.45, 7) is 4.00. The van der Waals surface area contributed by atoms with Crippen molar-refractivity contribution in [1.82, 2.24) is 0 Å². The number of carbonyl (C=O) groups is 1. The molecule has 0 aliphatic heterocycles. The molecular formula is C24H48O5S. The molecule has 1 N–H and O–H groups in total. The highest BCUT2D eigenvalue weighted by atomic mass is 32.2. The first kappa shape index (κ1) is 29.4. The van der Waals surface area contributed by atoms with Crippen LogP contribution < -0.4 is 0 Å². The number of esters is 1. The summed E-state index contributed by atoms with van der Waals surface area (Å²) in [6, 6.07) is 0. The van der Waals surface area contributed by atoms with Crippen LogP contribution in [0.3, 0.4) is 0 Å². The number of rotatable bonds is 22. The summed E-state index contributed by atoms with van der Waals surface area (Å²) in [5.74, 6) is -0.841. The van der Waals surface area contributed by atoms with Crippen molar-refractivity contribution in [1.29, 1.82) is 0 Å². The van der Waals surface area contributed by atoms with Crippen LogP contribution in [0.5, 0.6) is 0 Å². The standard InChI is InChI=1S/C24H48O5S/c1-3-5-6-7-8-9-10-11-12-13-14-15-16-17-18-19-20-21-22-23(30(26,27)28)24(25)29-4-2/h23H,3-22H2,1-2H3,(H,26,27,28)/t23-/m1/s1. The van der Waals surface area contributed by atoms with E-state index < -0.39 is 21.3 Å². The smallest absolute Gasteiger partial charge is 0.326 e. The molecule has 0 fully saturated rings. The van der Waals surface area contributed by atoms with Crippen LogP contribution in [0.1, 0.15) is 136 Å². The second-order valence-corrected chi connectivity index (χ2v) is 10.2. The van der Waals surface area contributed by atoms with E-state index in [1.165, 1.54) is 89.9 Å². The Bertz CT molecular complexity index is 490. The molecule has 0 amide bonds. The second-order valence-electron chi connectivity index (χ2n) is 8.55. The highest BCUT2D eigenvalue weighted by molar-refractivity contribution is 7.87. The number of ether oxygens (including phenoxy) is 1. The molecule has 180 valence electrons. The summed E-state index contributed by atoms with van der Waals surface area (Å²) in [6.07, 6.45) is 22.9. The third kappa shape index (κ3) is 18.2. The Morgan fingerprint density at radius 2 is 1.00 bits per heavy atom. The van der Waals surface area contributed by atoms with Crippen molar-refractivity contribution < 1.29 is 22.5 Å². The van der Waals surface area contributed by atoms with Gasteiger partial charge in [-0.3, -0.25) is 9.35 Å². The average molecular weight is 449 g/mol. The summed E-state index contributed by atoms with van der Waals surface area (Å²) in [5.41, 5.74) is 0. The van der Waals surface area contributed by atoms with Crippen molar-refractivity contribution in [2.24, 2.45) is 0 Å². The van der Waals surface area contributed by atoms with E-state index in [4.69, 9.17) is 4.74 Å². The SMILES string of the molecule is CCCCCCCCCCCCCCCCCCCC[C@H](C(=O)OCC)S(=O)(=O)O. The largest absolute Gasteiger partial charge is 0.465 e. The summed E-state index contributed by atoms with van der Waals surface area (Å²) in [7, 11) is -4.38. The minimum Gasteiger partial charge on any atom is -0.465 e. The van der Waals surface area contributed by atoms with Gasteiger partial charge in [0.1, 0.15) is 0 Å². The number of hydrogen-bond donors (Lipinski definition) is 1. The molecule has 0 aromatic carbocycles. The van der Waals surface area contributed by atoms with E-state index in [9.17, 15) is 17.8 Å². The van der Waals surface area contributed by atoms with Gasteiger partial charge in [0.2, 0.25) is 0 Å². The molecular weight excluding hydrogens is 400 g/mol. The molecule has 0 unspecified atom stereocenters. The molecule has 0 aliphatic rings. The second kappa shape index (κ2) is 20.3. The molecule has 30 heavy (non-hydrogen) atoms. The fourth-order valence-electron chi connectivity index (χ4n) is 3.85. The molecule has 0 bridgehead atoms. The number of unbranched alkanes of at least 4 members (excludes halogenated alkanes) is 17. The van der Waals surface area contributed by atoms with Gasteiger partial charge < -0.3 is 4.74 Å². The summed E-state index contributed by atoms with van der Waals surface area (Å²) < 4.78 is 36.6. The molecule has 0 saturated carbocycles. The van der Waals surface area contributed by atoms with E-state index in [1.807, 2.05) is 0 Å². The van der Waals surface area contributed by atoms with Crippen LogP contribution in [0.4, 0.5) is 0 Å². The first-order valence-electron chi connectivity index (χ1n) is 12.6. The van der Waals surface area contributed by atoms with Gasteiger partial charge in [0, 0.05) is 0 Å². The van der Waals surface area contributed by atoms with Crippen molar-refractivity contribution in [3.63, 3.8) is 0 Å². The number of carbonyl (C=O) groups excluding carboxylic acids is 1. The minimum atomic E-state index is -4.38. The molecule has 0 spiro atoms. The van der Waals surface area contributed by atoms with E-state index in [0.717, 1.165) is 19.3 Å². The van der Waals surface area contributed by atoms with Crippen molar-refractivity contribution in [3.05, 3.63) is 0 Å². The zero-order chi connectivity index (χ0) is 22.5. The maximum absolute atomic E-state index is 11.6. The predicted octanol–water partition coefficient (Wildman–Crippen LogP) is 7.24. The van der Waals surface area contributed by atoms with Gasteiger partial charge in [-0.15, -0.1) is 0 Å². The van der Waals surface area contributed by atoms with Crippen LogP contribution in [0, 0.1) is 0 Å². The van der Waals surface area contributed by atoms with E-state index >= 15 is 0 Å². The van der Waals surface area contributed by atoms with Crippen LogP contribution in [0.25, 0.3) is 0 Å². The molecule has 0 aromatic rings.